The molecule has 1 amide bonds. The normalized spacial score (nSPS) is 10.7. The van der Waals surface area contributed by atoms with Gasteiger partial charge in [0.2, 0.25) is 0 Å². The molecule has 0 radical (unpaired) electrons. The number of hydrogen-bond acceptors (Lipinski definition) is 2. The molecule has 1 heterocycles. The molecule has 0 saturated heterocycles. The Morgan fingerprint density at radius 3 is 2.83 bits per heavy atom. The zero-order valence-electron chi connectivity index (χ0n) is 12.7. The van der Waals surface area contributed by atoms with Crippen LogP contribution in [0.3, 0.4) is 0 Å². The number of aromatic nitrogens is 1. The third-order valence-electron chi connectivity index (χ3n) is 3.71. The number of rotatable bonds is 5. The average Bonchev–Trinajstić information content (AvgIpc) is 2.99. The minimum Gasteiger partial charge on any atom is -0.497 e. The second-order valence-corrected chi connectivity index (χ2v) is 5.23. The number of halogens is 1. The van der Waals surface area contributed by atoms with Gasteiger partial charge in [-0.3, -0.25) is 4.79 Å². The summed E-state index contributed by atoms with van der Waals surface area (Å²) < 4.78 is 18.7. The number of benzene rings is 2. The van der Waals surface area contributed by atoms with Crippen LogP contribution in [-0.2, 0) is 6.42 Å². The number of aromatic amines is 1. The molecule has 23 heavy (non-hydrogen) atoms. The van der Waals surface area contributed by atoms with Crippen LogP contribution in [0.1, 0.15) is 16.1 Å². The summed E-state index contributed by atoms with van der Waals surface area (Å²) in [7, 11) is 1.60. The maximum atomic E-state index is 13.5. The lowest BCUT2D eigenvalue weighted by Crippen LogP contribution is -2.26. The molecule has 4 nitrogen and oxygen atoms in total. The maximum absolute atomic E-state index is 13.5. The molecule has 0 aliphatic rings. The van der Waals surface area contributed by atoms with E-state index >= 15 is 0 Å². The molecule has 0 aliphatic heterocycles. The summed E-state index contributed by atoms with van der Waals surface area (Å²) in [6.07, 6.45) is 0.451. The molecule has 0 fully saturated rings. The number of methoxy groups -OCH3 is 1. The number of hydrogen-bond donors (Lipinski definition) is 2. The third-order valence-corrected chi connectivity index (χ3v) is 3.71. The highest BCUT2D eigenvalue weighted by Crippen LogP contribution is 2.21. The molecule has 5 heteroatoms. The van der Waals surface area contributed by atoms with Crippen molar-refractivity contribution < 1.29 is 13.9 Å². The van der Waals surface area contributed by atoms with Crippen LogP contribution in [0.15, 0.2) is 48.5 Å². The quantitative estimate of drug-likeness (QED) is 0.759. The summed E-state index contributed by atoms with van der Waals surface area (Å²) in [6.45, 7) is 0.373. The van der Waals surface area contributed by atoms with E-state index in [-0.39, 0.29) is 11.7 Å². The summed E-state index contributed by atoms with van der Waals surface area (Å²) >= 11 is 0. The van der Waals surface area contributed by atoms with Crippen LogP contribution in [0.4, 0.5) is 4.39 Å². The molecule has 0 atom stereocenters. The van der Waals surface area contributed by atoms with Crippen LogP contribution in [0.5, 0.6) is 5.75 Å². The van der Waals surface area contributed by atoms with Gasteiger partial charge in [0.05, 0.1) is 7.11 Å². The zero-order chi connectivity index (χ0) is 16.2. The summed E-state index contributed by atoms with van der Waals surface area (Å²) in [6, 6.07) is 13.9. The fourth-order valence-electron chi connectivity index (χ4n) is 2.46. The maximum Gasteiger partial charge on any atom is 0.267 e. The summed E-state index contributed by atoms with van der Waals surface area (Å²) in [5, 5.41) is 3.73. The van der Waals surface area contributed by atoms with E-state index in [9.17, 15) is 9.18 Å². The second kappa shape index (κ2) is 6.52. The van der Waals surface area contributed by atoms with Crippen molar-refractivity contribution >= 4 is 16.8 Å². The average molecular weight is 312 g/mol. The highest BCUT2D eigenvalue weighted by molar-refractivity contribution is 5.98. The van der Waals surface area contributed by atoms with Gasteiger partial charge in [0.1, 0.15) is 17.3 Å². The van der Waals surface area contributed by atoms with Crippen molar-refractivity contribution in [2.45, 2.75) is 6.42 Å². The van der Waals surface area contributed by atoms with E-state index in [1.54, 1.807) is 31.4 Å². The fourth-order valence-corrected chi connectivity index (χ4v) is 2.46. The van der Waals surface area contributed by atoms with Gasteiger partial charge in [0.25, 0.3) is 5.91 Å². The predicted molar refractivity (Wildman–Crippen MR) is 87.3 cm³/mol. The van der Waals surface area contributed by atoms with Gasteiger partial charge in [-0.25, -0.2) is 4.39 Å². The summed E-state index contributed by atoms with van der Waals surface area (Å²) in [4.78, 5) is 15.2. The van der Waals surface area contributed by atoms with Crippen LogP contribution < -0.4 is 10.1 Å². The van der Waals surface area contributed by atoms with E-state index in [0.717, 1.165) is 16.7 Å². The Morgan fingerprint density at radius 2 is 2.04 bits per heavy atom. The molecule has 0 unspecified atom stereocenters. The van der Waals surface area contributed by atoms with Crippen molar-refractivity contribution in [3.8, 4) is 5.75 Å². The van der Waals surface area contributed by atoms with Gasteiger partial charge in [-0.05, 0) is 36.2 Å². The molecule has 0 spiro atoms. The Bertz CT molecular complexity index is 842. The van der Waals surface area contributed by atoms with E-state index in [1.165, 1.54) is 6.07 Å². The van der Waals surface area contributed by atoms with Gasteiger partial charge in [-0.1, -0.05) is 18.2 Å². The van der Waals surface area contributed by atoms with E-state index < -0.39 is 0 Å². The molecule has 0 saturated carbocycles. The highest BCUT2D eigenvalue weighted by Gasteiger charge is 2.10. The standard InChI is InChI=1S/C18H17FN2O2/c1-23-14-7-6-13-10-17(21-16(13)11-14)18(22)20-9-8-12-4-2-3-5-15(12)19/h2-7,10-11,21H,8-9H2,1H3,(H,20,22). The fraction of sp³-hybridized carbons (Fsp3) is 0.167. The van der Waals surface area contributed by atoms with E-state index in [1.807, 2.05) is 18.2 Å². The lowest BCUT2D eigenvalue weighted by molar-refractivity contribution is 0.0950. The Hall–Kier alpha value is -2.82. The largest absolute Gasteiger partial charge is 0.497 e. The summed E-state index contributed by atoms with van der Waals surface area (Å²) in [5.74, 6) is 0.266. The van der Waals surface area contributed by atoms with Crippen molar-refractivity contribution in [1.29, 1.82) is 0 Å². The van der Waals surface area contributed by atoms with Crippen molar-refractivity contribution in [2.24, 2.45) is 0 Å². The minimum absolute atomic E-state index is 0.212. The molecular formula is C18H17FN2O2. The molecule has 1 aromatic heterocycles. The number of amides is 1. The van der Waals surface area contributed by atoms with Gasteiger partial charge in [0, 0.05) is 23.5 Å². The molecule has 0 aliphatic carbocycles. The Morgan fingerprint density at radius 1 is 1.22 bits per heavy atom. The van der Waals surface area contributed by atoms with Gasteiger partial charge < -0.3 is 15.0 Å². The van der Waals surface area contributed by atoms with Gasteiger partial charge >= 0.3 is 0 Å². The van der Waals surface area contributed by atoms with E-state index in [4.69, 9.17) is 4.74 Å². The zero-order valence-corrected chi connectivity index (χ0v) is 12.7. The number of H-pyrrole nitrogens is 1. The molecule has 3 rings (SSSR count). The van der Waals surface area contributed by atoms with Crippen LogP contribution in [0, 0.1) is 5.82 Å². The number of nitrogens with one attached hydrogen (secondary N) is 2. The first-order chi connectivity index (χ1) is 11.2. The first-order valence-corrected chi connectivity index (χ1v) is 7.36. The second-order valence-electron chi connectivity index (χ2n) is 5.23. The van der Waals surface area contributed by atoms with Crippen molar-refractivity contribution in [3.63, 3.8) is 0 Å². The van der Waals surface area contributed by atoms with Gasteiger partial charge in [-0.2, -0.15) is 0 Å². The Balaban J connectivity index is 1.65. The SMILES string of the molecule is COc1ccc2cc(C(=O)NCCc3ccccc3F)[nH]c2c1. The van der Waals surface area contributed by atoms with Gasteiger partial charge in [0.15, 0.2) is 0 Å². The van der Waals surface area contributed by atoms with Crippen LogP contribution in [0.2, 0.25) is 0 Å². The lowest BCUT2D eigenvalue weighted by Gasteiger charge is -2.05. The molecule has 3 aromatic rings. The molecular weight excluding hydrogens is 295 g/mol. The van der Waals surface area contributed by atoms with Crippen LogP contribution in [-0.4, -0.2) is 24.5 Å². The smallest absolute Gasteiger partial charge is 0.267 e. The number of carbonyl (C=O) groups excluding carboxylic acids is 1. The number of carbonyl (C=O) groups is 1. The monoisotopic (exact) mass is 312 g/mol. The summed E-state index contributed by atoms with van der Waals surface area (Å²) in [5.41, 5.74) is 1.90. The molecule has 0 bridgehead atoms. The predicted octanol–water partition coefficient (Wildman–Crippen LogP) is 3.29. The third kappa shape index (κ3) is 3.34. The first-order valence-electron chi connectivity index (χ1n) is 7.36. The van der Waals surface area contributed by atoms with Gasteiger partial charge in [-0.15, -0.1) is 0 Å². The van der Waals surface area contributed by atoms with Crippen LogP contribution >= 0.6 is 0 Å². The van der Waals surface area contributed by atoms with Crippen molar-refractivity contribution in [3.05, 3.63) is 65.6 Å². The Kier molecular flexibility index (Phi) is 4.28. The highest BCUT2D eigenvalue weighted by atomic mass is 19.1. The Labute approximate surface area is 133 Å². The molecule has 2 N–H and O–H groups in total. The van der Waals surface area contributed by atoms with E-state index in [0.29, 0.717) is 24.2 Å². The van der Waals surface area contributed by atoms with Crippen molar-refractivity contribution in [2.75, 3.05) is 13.7 Å². The minimum atomic E-state index is -0.251. The lowest BCUT2D eigenvalue weighted by atomic mass is 10.1. The molecule has 2 aromatic carbocycles. The number of fused-ring (bicyclic) bond motifs is 1. The van der Waals surface area contributed by atoms with Crippen molar-refractivity contribution in [1.82, 2.24) is 10.3 Å². The topological polar surface area (TPSA) is 54.1 Å². The van der Waals surface area contributed by atoms with E-state index in [2.05, 4.69) is 10.3 Å². The van der Waals surface area contributed by atoms with Crippen LogP contribution in [0.25, 0.3) is 10.9 Å². The first kappa shape index (κ1) is 15.1. The molecule has 118 valence electrons. The number of ether oxygens (including phenoxy) is 1.